The number of hydrogen-bond acceptors (Lipinski definition) is 10. The Morgan fingerprint density at radius 2 is 1.83 bits per heavy atom. The fourth-order valence-electron chi connectivity index (χ4n) is 7.20. The smallest absolute Gasteiger partial charge is 0.235 e. The zero-order valence-electron chi connectivity index (χ0n) is 23.8. The first kappa shape index (κ1) is 29.6. The number of methoxy groups -OCH3 is 1. The number of nitrogens with one attached hydrogen (secondary N) is 1. The van der Waals surface area contributed by atoms with E-state index in [2.05, 4.69) is 5.32 Å². The van der Waals surface area contributed by atoms with Gasteiger partial charge < -0.3 is 26.0 Å². The number of fused-ring (bicyclic) bond motifs is 3. The molecule has 0 radical (unpaired) electrons. The monoisotopic (exact) mass is 577 g/mol. The van der Waals surface area contributed by atoms with Crippen LogP contribution < -0.4 is 15.8 Å². The zero-order valence-corrected chi connectivity index (χ0v) is 23.8. The highest BCUT2D eigenvalue weighted by Gasteiger charge is 2.69. The highest BCUT2D eigenvalue weighted by Crippen LogP contribution is 2.52. The quantitative estimate of drug-likeness (QED) is 0.251. The summed E-state index contributed by atoms with van der Waals surface area (Å²) in [7, 11) is 4.56. The molecule has 2 aromatic carbocycles. The van der Waals surface area contributed by atoms with Gasteiger partial charge in [-0.1, -0.05) is 30.3 Å². The number of rotatable bonds is 8. The summed E-state index contributed by atoms with van der Waals surface area (Å²) in [5, 5.41) is 26.0. The van der Waals surface area contributed by atoms with E-state index in [1.165, 1.54) is 23.6 Å². The number of nitrogens with zero attached hydrogens (tertiary/aromatic N) is 1. The third kappa shape index (κ3) is 4.52. The van der Waals surface area contributed by atoms with E-state index in [1.54, 1.807) is 14.1 Å². The van der Waals surface area contributed by atoms with Gasteiger partial charge >= 0.3 is 0 Å². The van der Waals surface area contributed by atoms with Crippen LogP contribution in [0.25, 0.3) is 0 Å². The number of phenols is 1. The van der Waals surface area contributed by atoms with Crippen LogP contribution in [-0.2, 0) is 38.6 Å². The molecule has 3 aliphatic rings. The number of primary amides is 1. The summed E-state index contributed by atoms with van der Waals surface area (Å²) in [5.41, 5.74) is 4.75. The normalized spacial score (nSPS) is 28.7. The van der Waals surface area contributed by atoms with Gasteiger partial charge in [0.15, 0.2) is 34.7 Å². The molecule has 3 aliphatic carbocycles. The number of carbonyl (C=O) groups excluding carboxylic acids is 5. The van der Waals surface area contributed by atoms with E-state index >= 15 is 0 Å². The number of ketones is 4. The van der Waals surface area contributed by atoms with Gasteiger partial charge in [-0.05, 0) is 57.5 Å². The van der Waals surface area contributed by atoms with Gasteiger partial charge in [0, 0.05) is 23.6 Å². The first-order valence-corrected chi connectivity index (χ1v) is 13.9. The van der Waals surface area contributed by atoms with Crippen LogP contribution in [0.1, 0.15) is 33.5 Å². The minimum atomic E-state index is -2.75. The van der Waals surface area contributed by atoms with Gasteiger partial charge in [-0.3, -0.25) is 28.9 Å². The summed E-state index contributed by atoms with van der Waals surface area (Å²) < 4.78 is 5.72. The number of benzene rings is 2. The summed E-state index contributed by atoms with van der Waals surface area (Å²) in [5.74, 6) is -10.4. The lowest BCUT2D eigenvalue weighted by Crippen LogP contribution is -2.74. The Kier molecular flexibility index (Phi) is 7.78. The average Bonchev–Trinajstić information content (AvgIpc) is 2.93. The topological polar surface area (TPSA) is 176 Å². The van der Waals surface area contributed by atoms with E-state index in [0.29, 0.717) is 30.0 Å². The molecule has 11 nitrogen and oxygen atoms in total. The number of ether oxygens (including phenoxy) is 1. The Balaban J connectivity index is 1.49. The second-order valence-corrected chi connectivity index (χ2v) is 11.6. The third-order valence-electron chi connectivity index (χ3n) is 9.04. The number of aromatic hydroxyl groups is 1. The van der Waals surface area contributed by atoms with Gasteiger partial charge in [0.25, 0.3) is 0 Å². The number of phenolic OH excluding ortho intramolecular Hbond substituents is 1. The van der Waals surface area contributed by atoms with Crippen LogP contribution >= 0.6 is 0 Å². The molecule has 42 heavy (non-hydrogen) atoms. The molecule has 5 rings (SSSR count). The molecule has 0 bridgehead atoms. The van der Waals surface area contributed by atoms with Crippen molar-refractivity contribution < 1.29 is 38.9 Å². The summed E-state index contributed by atoms with van der Waals surface area (Å²) in [6.45, 7) is 1.00. The number of Topliss-reactive ketones (excluding diaryl/α,β-unsaturated/α-hetero) is 4. The largest absolute Gasteiger partial charge is 0.507 e. The summed E-state index contributed by atoms with van der Waals surface area (Å²) >= 11 is 0. The molecule has 1 amide bonds. The predicted octanol–water partition coefficient (Wildman–Crippen LogP) is 0.208. The highest BCUT2D eigenvalue weighted by atomic mass is 16.5. The Hall–Kier alpha value is -3.93. The number of hydrogen-bond donors (Lipinski definition) is 4. The molecular formula is C31H35N3O8. The van der Waals surface area contributed by atoms with Crippen molar-refractivity contribution in [3.63, 3.8) is 0 Å². The van der Waals surface area contributed by atoms with Crippen molar-refractivity contribution in [2.24, 2.45) is 29.4 Å². The summed E-state index contributed by atoms with van der Waals surface area (Å²) in [4.78, 5) is 67.9. The van der Waals surface area contributed by atoms with Crippen molar-refractivity contribution in [1.29, 1.82) is 0 Å². The van der Waals surface area contributed by atoms with Crippen LogP contribution in [0.2, 0.25) is 0 Å². The number of amides is 1. The summed E-state index contributed by atoms with van der Waals surface area (Å²) in [6.07, 6.45) is 0.906. The van der Waals surface area contributed by atoms with E-state index in [4.69, 9.17) is 10.5 Å². The minimum Gasteiger partial charge on any atom is -0.507 e. The molecule has 6 atom stereocenters. The molecule has 222 valence electrons. The molecule has 0 saturated heterocycles. The molecule has 5 N–H and O–H groups in total. The number of likely N-dealkylation sites (N-methyl/N-ethyl adjacent to an activating group) is 1. The standard InChI is InChI=1S/C31H35N3O8/c1-34(2)24-19-12-16-11-18-22(25(36)21(16)28(38)31(19,41)29(39)23(26(24)37)30(32)40)20(35)13-17(27(18)42-3)14-33-10-9-15-7-5-4-6-8-15/h4-8,13,16,19,21,23-24,33,35,41H,9-12,14H2,1-3H3,(H2,32,40)/t16-,19-,21?,23?,24-,31-/m0/s1. The van der Waals surface area contributed by atoms with E-state index < -0.39 is 64.4 Å². The average molecular weight is 578 g/mol. The number of aliphatic hydroxyl groups is 1. The Labute approximate surface area is 243 Å². The van der Waals surface area contributed by atoms with E-state index in [0.717, 1.165) is 6.42 Å². The van der Waals surface area contributed by atoms with E-state index in [-0.39, 0.29) is 24.2 Å². The molecule has 11 heteroatoms. The van der Waals surface area contributed by atoms with Crippen molar-refractivity contribution in [2.45, 2.75) is 37.5 Å². The van der Waals surface area contributed by atoms with Crippen LogP contribution in [0.4, 0.5) is 0 Å². The Morgan fingerprint density at radius 1 is 1.14 bits per heavy atom. The van der Waals surface area contributed by atoms with Crippen LogP contribution in [0.5, 0.6) is 11.5 Å². The molecule has 0 aromatic heterocycles. The first-order valence-electron chi connectivity index (χ1n) is 13.9. The molecule has 2 aromatic rings. The fraction of sp³-hybridized carbons (Fsp3) is 0.452. The van der Waals surface area contributed by atoms with Crippen LogP contribution in [0.3, 0.4) is 0 Å². The van der Waals surface area contributed by atoms with Crippen molar-refractivity contribution in [3.8, 4) is 11.5 Å². The molecule has 2 saturated carbocycles. The highest BCUT2D eigenvalue weighted by molar-refractivity contribution is 6.32. The lowest BCUT2D eigenvalue weighted by molar-refractivity contribution is -0.181. The maximum absolute atomic E-state index is 13.9. The van der Waals surface area contributed by atoms with Gasteiger partial charge in [0.2, 0.25) is 5.91 Å². The maximum atomic E-state index is 13.9. The molecule has 0 aliphatic heterocycles. The predicted molar refractivity (Wildman–Crippen MR) is 150 cm³/mol. The Morgan fingerprint density at radius 3 is 2.45 bits per heavy atom. The van der Waals surface area contributed by atoms with Gasteiger partial charge in [-0.2, -0.15) is 0 Å². The van der Waals surface area contributed by atoms with Crippen molar-refractivity contribution >= 4 is 29.0 Å². The van der Waals surface area contributed by atoms with Gasteiger partial charge in [-0.15, -0.1) is 0 Å². The number of nitrogens with two attached hydrogens (primary N) is 1. The lowest BCUT2D eigenvalue weighted by Gasteiger charge is -2.52. The van der Waals surface area contributed by atoms with Crippen molar-refractivity contribution in [1.82, 2.24) is 10.2 Å². The van der Waals surface area contributed by atoms with Crippen molar-refractivity contribution in [2.75, 3.05) is 27.7 Å². The Bertz CT molecular complexity index is 1470. The first-order chi connectivity index (χ1) is 19.9. The second-order valence-electron chi connectivity index (χ2n) is 11.6. The zero-order chi connectivity index (χ0) is 30.5. The molecule has 0 spiro atoms. The van der Waals surface area contributed by atoms with Gasteiger partial charge in [0.05, 0.1) is 24.6 Å². The third-order valence-corrected chi connectivity index (χ3v) is 9.04. The maximum Gasteiger partial charge on any atom is 0.235 e. The molecule has 2 unspecified atom stereocenters. The van der Waals surface area contributed by atoms with Crippen molar-refractivity contribution in [3.05, 3.63) is 58.7 Å². The second kappa shape index (κ2) is 11.0. The van der Waals surface area contributed by atoms with Gasteiger partial charge in [-0.25, -0.2) is 0 Å². The minimum absolute atomic E-state index is 0.0205. The lowest BCUT2D eigenvalue weighted by atomic mass is 9.52. The molecular weight excluding hydrogens is 542 g/mol. The SMILES string of the molecule is COc1c(CNCCc2ccccc2)cc(O)c2c1C[C@H]1C[C@H]3[C@H](N(C)C)C(=O)C(C(N)=O)C(=O)[C@@]3(O)C(=O)C1C2=O. The molecule has 2 fully saturated rings. The molecule has 0 heterocycles. The van der Waals surface area contributed by atoms with Crippen LogP contribution in [0, 0.1) is 23.7 Å². The van der Waals surface area contributed by atoms with Crippen LogP contribution in [-0.4, -0.2) is 83.5 Å². The van der Waals surface area contributed by atoms with Crippen LogP contribution in [0.15, 0.2) is 36.4 Å². The summed E-state index contributed by atoms with van der Waals surface area (Å²) in [6, 6.07) is 10.2. The van der Waals surface area contributed by atoms with E-state index in [1.807, 2.05) is 30.3 Å². The van der Waals surface area contributed by atoms with E-state index in [9.17, 15) is 34.2 Å². The van der Waals surface area contributed by atoms with Gasteiger partial charge in [0.1, 0.15) is 11.5 Å². The number of carbonyl (C=O) groups is 5. The fourth-order valence-corrected chi connectivity index (χ4v) is 7.20.